The first-order valence-corrected chi connectivity index (χ1v) is 9.87. The second-order valence-corrected chi connectivity index (χ2v) is 7.83. The second-order valence-electron chi connectivity index (χ2n) is 6.92. The first kappa shape index (κ1) is 21.0. The van der Waals surface area contributed by atoms with Gasteiger partial charge in [0.15, 0.2) is 5.96 Å². The van der Waals surface area contributed by atoms with Crippen LogP contribution in [0.4, 0.5) is 0 Å². The highest BCUT2D eigenvalue weighted by molar-refractivity contribution is 14.0. The Morgan fingerprint density at radius 1 is 1.20 bits per heavy atom. The molecular formula is C19H29BrIN3O. The zero-order valence-corrected chi connectivity index (χ0v) is 18.8. The van der Waals surface area contributed by atoms with Crippen LogP contribution < -0.4 is 10.6 Å². The van der Waals surface area contributed by atoms with Gasteiger partial charge in [-0.15, -0.1) is 24.0 Å². The van der Waals surface area contributed by atoms with Crippen molar-refractivity contribution in [3.8, 4) is 0 Å². The monoisotopic (exact) mass is 521 g/mol. The Hall–Kier alpha value is -0.340. The van der Waals surface area contributed by atoms with Crippen molar-refractivity contribution in [3.05, 3.63) is 34.3 Å². The number of rotatable bonds is 6. The number of nitrogens with zero attached hydrogens (tertiary/aromatic N) is 1. The van der Waals surface area contributed by atoms with Gasteiger partial charge < -0.3 is 15.4 Å². The SMILES string of the molecule is CCNC(=NCC1(c2ccc(Br)cc2)CCOCC1)NCC1CC1.I. The van der Waals surface area contributed by atoms with Gasteiger partial charge in [-0.2, -0.15) is 0 Å². The van der Waals surface area contributed by atoms with Crippen molar-refractivity contribution in [1.29, 1.82) is 0 Å². The fourth-order valence-corrected chi connectivity index (χ4v) is 3.50. The van der Waals surface area contributed by atoms with Crippen LogP contribution in [0.2, 0.25) is 0 Å². The summed E-state index contributed by atoms with van der Waals surface area (Å²) in [6.07, 6.45) is 4.76. The molecule has 1 heterocycles. The lowest BCUT2D eigenvalue weighted by atomic mass is 9.74. The van der Waals surface area contributed by atoms with Crippen molar-refractivity contribution in [2.45, 2.75) is 38.0 Å². The molecule has 1 saturated heterocycles. The normalized spacial score (nSPS) is 19.8. The average Bonchev–Trinajstić information content (AvgIpc) is 3.43. The van der Waals surface area contributed by atoms with E-state index < -0.39 is 0 Å². The molecule has 2 N–H and O–H groups in total. The van der Waals surface area contributed by atoms with Crippen LogP contribution in [0.1, 0.15) is 38.2 Å². The molecule has 0 spiro atoms. The van der Waals surface area contributed by atoms with Crippen LogP contribution in [0.3, 0.4) is 0 Å². The maximum atomic E-state index is 5.62. The van der Waals surface area contributed by atoms with Gasteiger partial charge in [0.1, 0.15) is 0 Å². The highest BCUT2D eigenvalue weighted by atomic mass is 127. The summed E-state index contributed by atoms with van der Waals surface area (Å²) in [7, 11) is 0. The standard InChI is InChI=1S/C19H28BrN3O.HI/c1-2-21-18(22-13-15-3-4-15)23-14-19(9-11-24-12-10-19)16-5-7-17(20)8-6-16;/h5-8,15H,2-4,9-14H2,1H3,(H2,21,22,23);1H. The first-order valence-electron chi connectivity index (χ1n) is 9.08. The minimum absolute atomic E-state index is 0. The van der Waals surface area contributed by atoms with Gasteiger partial charge in [-0.3, -0.25) is 4.99 Å². The molecule has 1 aliphatic carbocycles. The van der Waals surface area contributed by atoms with Gasteiger partial charge in [0.05, 0.1) is 6.54 Å². The summed E-state index contributed by atoms with van der Waals surface area (Å²) >= 11 is 3.54. The van der Waals surface area contributed by atoms with Gasteiger partial charge >= 0.3 is 0 Å². The smallest absolute Gasteiger partial charge is 0.191 e. The third-order valence-electron chi connectivity index (χ3n) is 5.05. The zero-order chi connectivity index (χ0) is 16.8. The third-order valence-corrected chi connectivity index (χ3v) is 5.57. The highest BCUT2D eigenvalue weighted by Crippen LogP contribution is 2.36. The maximum absolute atomic E-state index is 5.62. The van der Waals surface area contributed by atoms with E-state index in [9.17, 15) is 0 Å². The number of benzene rings is 1. The molecule has 140 valence electrons. The molecule has 1 aromatic carbocycles. The molecule has 1 saturated carbocycles. The van der Waals surface area contributed by atoms with Crippen LogP contribution in [0.25, 0.3) is 0 Å². The molecule has 4 nitrogen and oxygen atoms in total. The van der Waals surface area contributed by atoms with Gasteiger partial charge in [0.25, 0.3) is 0 Å². The second kappa shape index (κ2) is 10.1. The molecule has 0 amide bonds. The van der Waals surface area contributed by atoms with Crippen LogP contribution in [0.5, 0.6) is 0 Å². The van der Waals surface area contributed by atoms with Gasteiger partial charge in [0.2, 0.25) is 0 Å². The summed E-state index contributed by atoms with van der Waals surface area (Å²) in [4.78, 5) is 4.94. The quantitative estimate of drug-likeness (QED) is 0.337. The third kappa shape index (κ3) is 6.10. The van der Waals surface area contributed by atoms with E-state index in [0.29, 0.717) is 0 Å². The Labute approximate surface area is 176 Å². The summed E-state index contributed by atoms with van der Waals surface area (Å²) < 4.78 is 6.74. The van der Waals surface area contributed by atoms with Crippen molar-refractivity contribution >= 4 is 45.9 Å². The summed E-state index contributed by atoms with van der Waals surface area (Å²) in [6.45, 7) is 6.49. The van der Waals surface area contributed by atoms with Crippen molar-refractivity contribution in [1.82, 2.24) is 10.6 Å². The Morgan fingerprint density at radius 3 is 2.48 bits per heavy atom. The Balaban J connectivity index is 0.00000225. The molecule has 6 heteroatoms. The summed E-state index contributed by atoms with van der Waals surface area (Å²) in [5, 5.41) is 6.88. The van der Waals surface area contributed by atoms with Crippen molar-refractivity contribution < 1.29 is 4.74 Å². The Bertz CT molecular complexity index is 554. The Kier molecular flexibility index (Phi) is 8.48. The van der Waals surface area contributed by atoms with Crippen molar-refractivity contribution in [3.63, 3.8) is 0 Å². The van der Waals surface area contributed by atoms with E-state index in [1.54, 1.807) is 0 Å². The van der Waals surface area contributed by atoms with Crippen LogP contribution >= 0.6 is 39.9 Å². The van der Waals surface area contributed by atoms with Gasteiger partial charge in [0, 0.05) is 36.2 Å². The van der Waals surface area contributed by atoms with E-state index >= 15 is 0 Å². The molecular weight excluding hydrogens is 493 g/mol. The van der Waals surface area contributed by atoms with E-state index in [1.165, 1.54) is 18.4 Å². The van der Waals surface area contributed by atoms with Gasteiger partial charge in [-0.1, -0.05) is 28.1 Å². The van der Waals surface area contributed by atoms with Crippen molar-refractivity contribution in [2.75, 3.05) is 32.8 Å². The number of hydrogen-bond acceptors (Lipinski definition) is 2. The van der Waals surface area contributed by atoms with Crippen LogP contribution in [0.15, 0.2) is 33.7 Å². The minimum atomic E-state index is 0. The molecule has 1 aliphatic heterocycles. The number of hydrogen-bond donors (Lipinski definition) is 2. The van der Waals surface area contributed by atoms with Crippen LogP contribution in [-0.4, -0.2) is 38.8 Å². The van der Waals surface area contributed by atoms with Crippen LogP contribution in [0, 0.1) is 5.92 Å². The molecule has 0 radical (unpaired) electrons. The molecule has 0 aromatic heterocycles. The van der Waals surface area contributed by atoms with E-state index in [0.717, 1.165) is 62.0 Å². The van der Waals surface area contributed by atoms with E-state index in [1.807, 2.05) is 0 Å². The molecule has 25 heavy (non-hydrogen) atoms. The summed E-state index contributed by atoms with van der Waals surface area (Å²) in [5.74, 6) is 1.80. The lowest BCUT2D eigenvalue weighted by Crippen LogP contribution is -2.41. The fraction of sp³-hybridized carbons (Fsp3) is 0.632. The topological polar surface area (TPSA) is 45.7 Å². The number of halogens is 2. The summed E-state index contributed by atoms with van der Waals surface area (Å²) in [6, 6.07) is 8.73. The van der Waals surface area contributed by atoms with E-state index in [-0.39, 0.29) is 29.4 Å². The van der Waals surface area contributed by atoms with Gasteiger partial charge in [-0.25, -0.2) is 0 Å². The molecule has 0 unspecified atom stereocenters. The molecule has 0 atom stereocenters. The number of aliphatic imine (C=N–C) groups is 1. The van der Waals surface area contributed by atoms with E-state index in [4.69, 9.17) is 9.73 Å². The average molecular weight is 522 g/mol. The van der Waals surface area contributed by atoms with Crippen LogP contribution in [-0.2, 0) is 10.2 Å². The highest BCUT2D eigenvalue weighted by Gasteiger charge is 2.34. The summed E-state index contributed by atoms with van der Waals surface area (Å²) in [5.41, 5.74) is 1.46. The fourth-order valence-electron chi connectivity index (χ4n) is 3.24. The first-order chi connectivity index (χ1) is 11.7. The molecule has 0 bridgehead atoms. The van der Waals surface area contributed by atoms with E-state index in [2.05, 4.69) is 57.8 Å². The predicted molar refractivity (Wildman–Crippen MR) is 118 cm³/mol. The lowest BCUT2D eigenvalue weighted by molar-refractivity contribution is 0.0531. The minimum Gasteiger partial charge on any atom is -0.381 e. The predicted octanol–water partition coefficient (Wildman–Crippen LogP) is 4.08. The molecule has 1 aromatic rings. The molecule has 2 aliphatic rings. The largest absolute Gasteiger partial charge is 0.381 e. The Morgan fingerprint density at radius 2 is 1.88 bits per heavy atom. The van der Waals surface area contributed by atoms with Crippen molar-refractivity contribution in [2.24, 2.45) is 10.9 Å². The number of guanidine groups is 1. The maximum Gasteiger partial charge on any atom is 0.191 e. The lowest BCUT2D eigenvalue weighted by Gasteiger charge is -2.36. The zero-order valence-electron chi connectivity index (χ0n) is 14.9. The molecule has 3 rings (SSSR count). The number of ether oxygens (including phenoxy) is 1. The number of nitrogens with one attached hydrogen (secondary N) is 2. The molecule has 2 fully saturated rings. The van der Waals surface area contributed by atoms with Gasteiger partial charge in [-0.05, 0) is 56.2 Å².